The molecular formula is C25H41NO2. The van der Waals surface area contributed by atoms with Crippen LogP contribution in [0.3, 0.4) is 0 Å². The minimum absolute atomic E-state index is 0.151. The Morgan fingerprint density at radius 2 is 1.57 bits per heavy atom. The molecule has 0 saturated heterocycles. The number of nitrogens with one attached hydrogen (secondary N) is 1. The van der Waals surface area contributed by atoms with Crippen LogP contribution in [0.25, 0.3) is 0 Å². The molecule has 2 atom stereocenters. The molecule has 1 rings (SSSR count). The van der Waals surface area contributed by atoms with Gasteiger partial charge in [0.2, 0.25) is 0 Å². The number of carbonyl (C=O) groups excluding carboxylic acids is 2. The van der Waals surface area contributed by atoms with Crippen LogP contribution in [0.1, 0.15) is 86.1 Å². The number of unbranched alkanes of at least 4 members (excludes halogenated alkanes) is 2. The zero-order valence-corrected chi connectivity index (χ0v) is 19.1. The van der Waals surface area contributed by atoms with Crippen LogP contribution in [-0.2, 0) is 16.0 Å². The van der Waals surface area contributed by atoms with E-state index in [0.717, 1.165) is 31.2 Å². The number of rotatable bonds is 11. The maximum absolute atomic E-state index is 13.3. The van der Waals surface area contributed by atoms with Crippen molar-refractivity contribution in [1.29, 1.82) is 0 Å². The predicted molar refractivity (Wildman–Crippen MR) is 119 cm³/mol. The first kappa shape index (κ1) is 24.6. The second-order valence-electron chi connectivity index (χ2n) is 10.1. The number of hydrogen-bond acceptors (Lipinski definition) is 3. The Bertz CT molecular complexity index is 608. The van der Waals surface area contributed by atoms with Gasteiger partial charge in [-0.15, -0.1) is 0 Å². The summed E-state index contributed by atoms with van der Waals surface area (Å²) in [5, 5.41) is 3.49. The molecule has 0 amide bonds. The summed E-state index contributed by atoms with van der Waals surface area (Å²) in [5.41, 5.74) is 0.562. The van der Waals surface area contributed by atoms with Gasteiger partial charge in [-0.05, 0) is 39.2 Å². The third kappa shape index (κ3) is 9.14. The average Bonchev–Trinajstić information content (AvgIpc) is 2.58. The highest BCUT2D eigenvalue weighted by atomic mass is 16.1. The lowest BCUT2D eigenvalue weighted by atomic mass is 9.78. The van der Waals surface area contributed by atoms with Crippen molar-refractivity contribution < 1.29 is 9.59 Å². The van der Waals surface area contributed by atoms with E-state index in [2.05, 4.69) is 45.1 Å². The van der Waals surface area contributed by atoms with Crippen LogP contribution in [0, 0.1) is 11.3 Å². The van der Waals surface area contributed by atoms with Gasteiger partial charge < -0.3 is 5.32 Å². The molecule has 0 fully saturated rings. The first-order chi connectivity index (χ1) is 12.9. The molecule has 0 heterocycles. The summed E-state index contributed by atoms with van der Waals surface area (Å²) >= 11 is 0. The summed E-state index contributed by atoms with van der Waals surface area (Å²) < 4.78 is 0. The molecular weight excluding hydrogens is 346 g/mol. The molecule has 0 aliphatic rings. The number of Topliss-reactive ketones (excluding diaryl/α,β-unsaturated/α-hetero) is 2. The van der Waals surface area contributed by atoms with E-state index in [0.29, 0.717) is 12.8 Å². The fourth-order valence-corrected chi connectivity index (χ4v) is 3.58. The van der Waals surface area contributed by atoms with E-state index in [4.69, 9.17) is 0 Å². The molecule has 1 N–H and O–H groups in total. The van der Waals surface area contributed by atoms with Gasteiger partial charge in [0, 0.05) is 23.3 Å². The van der Waals surface area contributed by atoms with Crippen molar-refractivity contribution in [2.75, 3.05) is 0 Å². The van der Waals surface area contributed by atoms with Gasteiger partial charge in [-0.3, -0.25) is 9.59 Å². The maximum atomic E-state index is 13.3. The minimum atomic E-state index is -0.413. The van der Waals surface area contributed by atoms with E-state index in [1.54, 1.807) is 0 Å². The molecule has 2 unspecified atom stereocenters. The van der Waals surface area contributed by atoms with Crippen molar-refractivity contribution in [3.63, 3.8) is 0 Å². The summed E-state index contributed by atoms with van der Waals surface area (Å²) in [6.45, 7) is 14.3. The lowest BCUT2D eigenvalue weighted by molar-refractivity contribution is -0.134. The van der Waals surface area contributed by atoms with Crippen LogP contribution >= 0.6 is 0 Å². The van der Waals surface area contributed by atoms with Crippen LogP contribution < -0.4 is 5.32 Å². The summed E-state index contributed by atoms with van der Waals surface area (Å²) in [4.78, 5) is 26.3. The highest BCUT2D eigenvalue weighted by molar-refractivity contribution is 5.92. The van der Waals surface area contributed by atoms with Gasteiger partial charge in [0.05, 0.1) is 6.04 Å². The Labute approximate surface area is 172 Å². The van der Waals surface area contributed by atoms with Crippen molar-refractivity contribution in [2.24, 2.45) is 11.3 Å². The molecule has 0 saturated carbocycles. The van der Waals surface area contributed by atoms with Crippen molar-refractivity contribution in [1.82, 2.24) is 5.32 Å². The van der Waals surface area contributed by atoms with Gasteiger partial charge in [0.25, 0.3) is 0 Å². The molecule has 158 valence electrons. The molecule has 0 radical (unpaired) electrons. The Morgan fingerprint density at radius 1 is 0.964 bits per heavy atom. The molecule has 0 spiro atoms. The van der Waals surface area contributed by atoms with Crippen LogP contribution in [0.2, 0.25) is 0 Å². The molecule has 28 heavy (non-hydrogen) atoms. The van der Waals surface area contributed by atoms with Gasteiger partial charge >= 0.3 is 0 Å². The molecule has 1 aromatic carbocycles. The lowest BCUT2D eigenvalue weighted by Crippen LogP contribution is -2.49. The zero-order valence-electron chi connectivity index (χ0n) is 19.1. The second-order valence-corrected chi connectivity index (χ2v) is 10.1. The summed E-state index contributed by atoms with van der Waals surface area (Å²) in [6, 6.07) is 9.84. The smallest absolute Gasteiger partial charge is 0.150 e. The van der Waals surface area contributed by atoms with Gasteiger partial charge in [-0.25, -0.2) is 0 Å². The highest BCUT2D eigenvalue weighted by Crippen LogP contribution is 2.27. The van der Waals surface area contributed by atoms with Crippen molar-refractivity contribution in [3.8, 4) is 0 Å². The van der Waals surface area contributed by atoms with Crippen molar-refractivity contribution in [3.05, 3.63) is 35.9 Å². The van der Waals surface area contributed by atoms with E-state index < -0.39 is 5.41 Å². The molecule has 1 aromatic rings. The van der Waals surface area contributed by atoms with Crippen LogP contribution in [0.5, 0.6) is 0 Å². The Balaban J connectivity index is 2.97. The summed E-state index contributed by atoms with van der Waals surface area (Å²) in [5.74, 6) is 0.183. The number of ketones is 2. The normalized spacial score (nSPS) is 14.5. The molecule has 3 nitrogen and oxygen atoms in total. The van der Waals surface area contributed by atoms with Gasteiger partial charge in [-0.2, -0.15) is 0 Å². The lowest BCUT2D eigenvalue weighted by Gasteiger charge is -2.30. The monoisotopic (exact) mass is 387 g/mol. The van der Waals surface area contributed by atoms with E-state index >= 15 is 0 Å². The topological polar surface area (TPSA) is 46.2 Å². The molecule has 0 aliphatic heterocycles. The fourth-order valence-electron chi connectivity index (χ4n) is 3.58. The van der Waals surface area contributed by atoms with Crippen LogP contribution in [0.4, 0.5) is 0 Å². The van der Waals surface area contributed by atoms with Gasteiger partial charge in [0.1, 0.15) is 5.78 Å². The molecule has 3 heteroatoms. The highest BCUT2D eigenvalue weighted by Gasteiger charge is 2.33. The Kier molecular flexibility index (Phi) is 9.56. The molecule has 0 bridgehead atoms. The van der Waals surface area contributed by atoms with Crippen molar-refractivity contribution in [2.45, 2.75) is 98.6 Å². The average molecular weight is 388 g/mol. The van der Waals surface area contributed by atoms with Crippen molar-refractivity contribution >= 4 is 11.6 Å². The molecule has 0 aromatic heterocycles. The second kappa shape index (κ2) is 10.9. The Morgan fingerprint density at radius 3 is 2.07 bits per heavy atom. The number of hydrogen-bond donors (Lipinski definition) is 1. The van der Waals surface area contributed by atoms with E-state index in [-0.39, 0.29) is 29.1 Å². The standard InChI is InChI=1S/C25H41NO2/c1-8-9-11-16-20(23(28)24(2,3)4)18-22(27)21(26-25(5,6)7)17-19-14-12-10-13-15-19/h10,12-15,20-21,26H,8-9,11,16-18H2,1-7H3. The SMILES string of the molecule is CCCCCC(CC(=O)C(Cc1ccccc1)NC(C)(C)C)C(=O)C(C)(C)C. The van der Waals surface area contributed by atoms with Crippen LogP contribution in [0.15, 0.2) is 30.3 Å². The van der Waals surface area contributed by atoms with E-state index in [9.17, 15) is 9.59 Å². The molecule has 0 aliphatic carbocycles. The minimum Gasteiger partial charge on any atom is -0.302 e. The van der Waals surface area contributed by atoms with E-state index in [1.807, 2.05) is 39.0 Å². The number of benzene rings is 1. The largest absolute Gasteiger partial charge is 0.302 e. The third-order valence-corrected chi connectivity index (χ3v) is 4.99. The first-order valence-electron chi connectivity index (χ1n) is 10.8. The number of carbonyl (C=O) groups is 2. The summed E-state index contributed by atoms with van der Waals surface area (Å²) in [7, 11) is 0. The zero-order chi connectivity index (χ0) is 21.4. The quantitative estimate of drug-likeness (QED) is 0.491. The Hall–Kier alpha value is -1.48. The van der Waals surface area contributed by atoms with Gasteiger partial charge in [-0.1, -0.05) is 77.3 Å². The fraction of sp³-hybridized carbons (Fsp3) is 0.680. The van der Waals surface area contributed by atoms with E-state index in [1.165, 1.54) is 0 Å². The predicted octanol–water partition coefficient (Wildman–Crippen LogP) is 5.76. The van der Waals surface area contributed by atoms with Crippen LogP contribution in [-0.4, -0.2) is 23.1 Å². The maximum Gasteiger partial charge on any atom is 0.150 e. The first-order valence-corrected chi connectivity index (χ1v) is 10.8. The summed E-state index contributed by atoms with van der Waals surface area (Å²) in [6.07, 6.45) is 5.03. The van der Waals surface area contributed by atoms with Gasteiger partial charge in [0.15, 0.2) is 5.78 Å². The third-order valence-electron chi connectivity index (χ3n) is 4.99.